The molecule has 2 unspecified atom stereocenters. The van der Waals surface area contributed by atoms with Gasteiger partial charge >= 0.3 is 0 Å². The van der Waals surface area contributed by atoms with Crippen LogP contribution in [0.2, 0.25) is 0 Å². The summed E-state index contributed by atoms with van der Waals surface area (Å²) in [4.78, 5) is 14.3. The third-order valence-corrected chi connectivity index (χ3v) is 4.22. The maximum absolute atomic E-state index is 11.4. The molecular formula is C16H26N2O2. The predicted molar refractivity (Wildman–Crippen MR) is 80.8 cm³/mol. The van der Waals surface area contributed by atoms with Crippen LogP contribution in [0, 0.1) is 5.92 Å². The summed E-state index contributed by atoms with van der Waals surface area (Å²) >= 11 is 0. The van der Waals surface area contributed by atoms with Crippen LogP contribution in [0.3, 0.4) is 0 Å². The molecule has 0 aliphatic heterocycles. The number of aliphatic hydroxyl groups excluding tert-OH is 1. The molecule has 0 amide bonds. The molecule has 0 fully saturated rings. The molecule has 0 bridgehead atoms. The highest BCUT2D eigenvalue weighted by Crippen LogP contribution is 2.27. The highest BCUT2D eigenvalue weighted by atomic mass is 16.3. The van der Waals surface area contributed by atoms with E-state index in [0.717, 1.165) is 50.8 Å². The molecule has 4 heteroatoms. The summed E-state index contributed by atoms with van der Waals surface area (Å²) < 4.78 is 0. The fourth-order valence-corrected chi connectivity index (χ4v) is 3.16. The Hall–Kier alpha value is -1.13. The van der Waals surface area contributed by atoms with Crippen molar-refractivity contribution in [3.05, 3.63) is 33.7 Å². The molecule has 2 rings (SSSR count). The average molecular weight is 278 g/mol. The molecule has 112 valence electrons. The Kier molecular flexibility index (Phi) is 5.80. The number of pyridine rings is 1. The summed E-state index contributed by atoms with van der Waals surface area (Å²) in [6.07, 6.45) is 6.38. The zero-order chi connectivity index (χ0) is 14.4. The summed E-state index contributed by atoms with van der Waals surface area (Å²) in [5.74, 6) is 0.540. The summed E-state index contributed by atoms with van der Waals surface area (Å²) in [5, 5.41) is 12.8. The van der Waals surface area contributed by atoms with Crippen molar-refractivity contribution in [3.8, 4) is 0 Å². The molecular weight excluding hydrogens is 252 g/mol. The van der Waals surface area contributed by atoms with Crippen molar-refractivity contribution >= 4 is 0 Å². The SMILES string of the molecule is CCCC(CCO)CNC1CCCc2[nH]c(=O)ccc21. The minimum atomic E-state index is -0.00598. The third kappa shape index (κ3) is 3.93. The zero-order valence-corrected chi connectivity index (χ0v) is 12.3. The molecule has 0 saturated heterocycles. The maximum Gasteiger partial charge on any atom is 0.248 e. The first-order chi connectivity index (χ1) is 9.74. The molecule has 0 spiro atoms. The lowest BCUT2D eigenvalue weighted by Crippen LogP contribution is -2.31. The van der Waals surface area contributed by atoms with E-state index in [0.29, 0.717) is 12.0 Å². The minimum absolute atomic E-state index is 0.00598. The predicted octanol–water partition coefficient (Wildman–Crippen LogP) is 2.14. The Balaban J connectivity index is 1.99. The summed E-state index contributed by atoms with van der Waals surface area (Å²) in [6, 6.07) is 3.93. The van der Waals surface area contributed by atoms with E-state index in [1.807, 2.05) is 6.07 Å². The maximum atomic E-state index is 11.4. The fraction of sp³-hybridized carbons (Fsp3) is 0.688. The highest BCUT2D eigenvalue weighted by Gasteiger charge is 2.21. The van der Waals surface area contributed by atoms with Gasteiger partial charge in [-0.15, -0.1) is 0 Å². The number of aryl methyl sites for hydroxylation is 1. The van der Waals surface area contributed by atoms with E-state index in [9.17, 15) is 4.79 Å². The van der Waals surface area contributed by atoms with Gasteiger partial charge in [-0.2, -0.15) is 0 Å². The second kappa shape index (κ2) is 7.60. The van der Waals surface area contributed by atoms with Crippen molar-refractivity contribution < 1.29 is 5.11 Å². The Bertz CT molecular complexity index is 464. The molecule has 1 aromatic rings. The van der Waals surface area contributed by atoms with Gasteiger partial charge < -0.3 is 15.4 Å². The Morgan fingerprint density at radius 3 is 3.05 bits per heavy atom. The summed E-state index contributed by atoms with van der Waals surface area (Å²) in [7, 11) is 0. The van der Waals surface area contributed by atoms with E-state index >= 15 is 0 Å². The monoisotopic (exact) mass is 278 g/mol. The second-order valence-electron chi connectivity index (χ2n) is 5.78. The van der Waals surface area contributed by atoms with Crippen molar-refractivity contribution in [1.82, 2.24) is 10.3 Å². The molecule has 1 aromatic heterocycles. The number of fused-ring (bicyclic) bond motifs is 1. The van der Waals surface area contributed by atoms with Crippen molar-refractivity contribution in [2.75, 3.05) is 13.2 Å². The number of rotatable bonds is 7. The molecule has 4 nitrogen and oxygen atoms in total. The molecule has 1 aliphatic rings. The van der Waals surface area contributed by atoms with Gasteiger partial charge in [0.05, 0.1) is 0 Å². The average Bonchev–Trinajstić information content (AvgIpc) is 2.44. The Labute approximate surface area is 120 Å². The van der Waals surface area contributed by atoms with Crippen LogP contribution in [0.15, 0.2) is 16.9 Å². The quantitative estimate of drug-likeness (QED) is 0.716. The number of aromatic nitrogens is 1. The molecule has 20 heavy (non-hydrogen) atoms. The van der Waals surface area contributed by atoms with Crippen LogP contribution in [-0.2, 0) is 6.42 Å². The second-order valence-corrected chi connectivity index (χ2v) is 5.78. The first-order valence-electron chi connectivity index (χ1n) is 7.81. The molecule has 1 aliphatic carbocycles. The molecule has 0 saturated carbocycles. The number of hydrogen-bond donors (Lipinski definition) is 3. The van der Waals surface area contributed by atoms with Crippen molar-refractivity contribution in [2.24, 2.45) is 5.92 Å². The first kappa shape index (κ1) is 15.3. The third-order valence-electron chi connectivity index (χ3n) is 4.22. The van der Waals surface area contributed by atoms with Crippen LogP contribution in [-0.4, -0.2) is 23.2 Å². The number of hydrogen-bond acceptors (Lipinski definition) is 3. The molecule has 1 heterocycles. The standard InChI is InChI=1S/C16H26N2O2/c1-2-4-12(9-10-19)11-17-14-5-3-6-15-13(14)7-8-16(20)18-15/h7-8,12,14,17,19H,2-6,9-11H2,1H3,(H,18,20). The van der Waals surface area contributed by atoms with E-state index < -0.39 is 0 Å². The normalized spacial score (nSPS) is 19.6. The van der Waals surface area contributed by atoms with Crippen molar-refractivity contribution in [1.29, 1.82) is 0 Å². The smallest absolute Gasteiger partial charge is 0.248 e. The van der Waals surface area contributed by atoms with Crippen LogP contribution in [0.5, 0.6) is 0 Å². The number of nitrogens with one attached hydrogen (secondary N) is 2. The van der Waals surface area contributed by atoms with Gasteiger partial charge in [-0.3, -0.25) is 4.79 Å². The molecule has 0 aromatic carbocycles. The Morgan fingerprint density at radius 2 is 2.30 bits per heavy atom. The van der Waals surface area contributed by atoms with Crippen LogP contribution >= 0.6 is 0 Å². The van der Waals surface area contributed by atoms with E-state index in [2.05, 4.69) is 17.2 Å². The molecule has 0 radical (unpaired) electrons. The van der Waals surface area contributed by atoms with Crippen LogP contribution < -0.4 is 10.9 Å². The molecule has 2 atom stereocenters. The Morgan fingerprint density at radius 1 is 1.45 bits per heavy atom. The van der Waals surface area contributed by atoms with Gasteiger partial charge in [-0.25, -0.2) is 0 Å². The van der Waals surface area contributed by atoms with Crippen LogP contribution in [0.4, 0.5) is 0 Å². The topological polar surface area (TPSA) is 65.1 Å². The van der Waals surface area contributed by atoms with Crippen molar-refractivity contribution in [2.45, 2.75) is 51.5 Å². The van der Waals surface area contributed by atoms with Gasteiger partial charge in [0, 0.05) is 24.4 Å². The zero-order valence-electron chi connectivity index (χ0n) is 12.3. The number of H-pyrrole nitrogens is 1. The summed E-state index contributed by atoms with van der Waals surface area (Å²) in [6.45, 7) is 3.39. The van der Waals surface area contributed by atoms with E-state index in [4.69, 9.17) is 5.11 Å². The minimum Gasteiger partial charge on any atom is -0.396 e. The lowest BCUT2D eigenvalue weighted by Gasteiger charge is -2.28. The number of aromatic amines is 1. The van der Waals surface area contributed by atoms with Crippen molar-refractivity contribution in [3.63, 3.8) is 0 Å². The molecule has 3 N–H and O–H groups in total. The van der Waals surface area contributed by atoms with Gasteiger partial charge in [0.2, 0.25) is 5.56 Å². The lowest BCUT2D eigenvalue weighted by atomic mass is 9.90. The number of aliphatic hydroxyl groups is 1. The summed E-state index contributed by atoms with van der Waals surface area (Å²) in [5.41, 5.74) is 2.33. The highest BCUT2D eigenvalue weighted by molar-refractivity contribution is 5.26. The van der Waals surface area contributed by atoms with Gasteiger partial charge in [0.25, 0.3) is 0 Å². The van der Waals surface area contributed by atoms with E-state index in [-0.39, 0.29) is 12.2 Å². The van der Waals surface area contributed by atoms with Crippen LogP contribution in [0.1, 0.15) is 56.3 Å². The van der Waals surface area contributed by atoms with Gasteiger partial charge in [-0.05, 0) is 50.1 Å². The first-order valence-corrected chi connectivity index (χ1v) is 7.81. The van der Waals surface area contributed by atoms with Crippen LogP contribution in [0.25, 0.3) is 0 Å². The largest absolute Gasteiger partial charge is 0.396 e. The lowest BCUT2D eigenvalue weighted by molar-refractivity contribution is 0.243. The van der Waals surface area contributed by atoms with Gasteiger partial charge in [0.15, 0.2) is 0 Å². The fourth-order valence-electron chi connectivity index (χ4n) is 3.16. The van der Waals surface area contributed by atoms with E-state index in [1.165, 1.54) is 5.56 Å². The van der Waals surface area contributed by atoms with Gasteiger partial charge in [0.1, 0.15) is 0 Å². The van der Waals surface area contributed by atoms with Gasteiger partial charge in [-0.1, -0.05) is 19.4 Å². The van der Waals surface area contributed by atoms with E-state index in [1.54, 1.807) is 6.07 Å².